The molecule has 1 aliphatic heterocycles. The zero-order valence-corrected chi connectivity index (χ0v) is 15.1. The van der Waals surface area contributed by atoms with Gasteiger partial charge in [0, 0.05) is 5.54 Å². The highest BCUT2D eigenvalue weighted by atomic mass is 16.5. The van der Waals surface area contributed by atoms with Gasteiger partial charge in [-0.05, 0) is 68.1 Å². The molecular formula is C21H33NO2. The third-order valence-electron chi connectivity index (χ3n) is 5.92. The lowest BCUT2D eigenvalue weighted by Crippen LogP contribution is -2.40. The predicted molar refractivity (Wildman–Crippen MR) is 98.5 cm³/mol. The van der Waals surface area contributed by atoms with Crippen LogP contribution in [0.2, 0.25) is 0 Å². The van der Waals surface area contributed by atoms with Gasteiger partial charge in [0.2, 0.25) is 0 Å². The van der Waals surface area contributed by atoms with Crippen LogP contribution in [0.1, 0.15) is 81.8 Å². The molecule has 0 amide bonds. The molecule has 134 valence electrons. The quantitative estimate of drug-likeness (QED) is 0.732. The first-order valence-electron chi connectivity index (χ1n) is 9.83. The summed E-state index contributed by atoms with van der Waals surface area (Å²) < 4.78 is 6.23. The lowest BCUT2D eigenvalue weighted by atomic mass is 9.90. The number of aliphatic hydroxyl groups excluding tert-OH is 1. The van der Waals surface area contributed by atoms with E-state index in [2.05, 4.69) is 25.1 Å². The molecule has 0 bridgehead atoms. The topological polar surface area (TPSA) is 55.5 Å². The average Bonchev–Trinajstić information content (AvgIpc) is 3.01. The summed E-state index contributed by atoms with van der Waals surface area (Å²) in [5.74, 6) is 1.57. The first-order chi connectivity index (χ1) is 11.6. The smallest absolute Gasteiger partial charge is 0.122 e. The van der Waals surface area contributed by atoms with Crippen LogP contribution in [0.5, 0.6) is 5.75 Å². The van der Waals surface area contributed by atoms with Crippen LogP contribution < -0.4 is 10.5 Å². The number of nitrogens with two attached hydrogens (primary N) is 1. The summed E-state index contributed by atoms with van der Waals surface area (Å²) >= 11 is 0. The summed E-state index contributed by atoms with van der Waals surface area (Å²) in [5.41, 5.74) is 8.59. The largest absolute Gasteiger partial charge is 0.490 e. The molecule has 0 radical (unpaired) electrons. The van der Waals surface area contributed by atoms with E-state index in [4.69, 9.17) is 10.5 Å². The summed E-state index contributed by atoms with van der Waals surface area (Å²) in [6.45, 7) is 2.35. The summed E-state index contributed by atoms with van der Waals surface area (Å²) in [7, 11) is 0. The molecule has 0 saturated heterocycles. The Morgan fingerprint density at radius 3 is 2.88 bits per heavy atom. The Balaban J connectivity index is 1.58. The Hall–Kier alpha value is -1.06. The zero-order chi connectivity index (χ0) is 17.0. The summed E-state index contributed by atoms with van der Waals surface area (Å²) in [4.78, 5) is 0. The van der Waals surface area contributed by atoms with E-state index in [0.29, 0.717) is 12.0 Å². The second kappa shape index (κ2) is 7.88. The highest BCUT2D eigenvalue weighted by Crippen LogP contribution is 2.41. The maximum Gasteiger partial charge on any atom is 0.122 e. The van der Waals surface area contributed by atoms with Gasteiger partial charge >= 0.3 is 0 Å². The highest BCUT2D eigenvalue weighted by molar-refractivity contribution is 5.40. The number of benzene rings is 1. The van der Waals surface area contributed by atoms with Crippen molar-refractivity contribution in [3.8, 4) is 5.75 Å². The normalized spacial score (nSPS) is 29.3. The molecule has 24 heavy (non-hydrogen) atoms. The molecule has 0 spiro atoms. The van der Waals surface area contributed by atoms with Gasteiger partial charge in [-0.2, -0.15) is 0 Å². The number of aryl methyl sites for hydroxylation is 1. The van der Waals surface area contributed by atoms with Crippen LogP contribution in [0.4, 0.5) is 0 Å². The molecule has 3 N–H and O–H groups in total. The monoisotopic (exact) mass is 331 g/mol. The minimum Gasteiger partial charge on any atom is -0.490 e. The van der Waals surface area contributed by atoms with Crippen LogP contribution in [0.15, 0.2) is 18.2 Å². The molecule has 1 aromatic rings. The Bertz CT molecular complexity index is 545. The van der Waals surface area contributed by atoms with Crippen LogP contribution in [0.25, 0.3) is 0 Å². The Labute approximate surface area is 146 Å². The molecule has 1 aromatic carbocycles. The van der Waals surface area contributed by atoms with Crippen molar-refractivity contribution in [3.63, 3.8) is 0 Å². The molecule has 1 aliphatic carbocycles. The number of aliphatic hydroxyl groups is 1. The predicted octanol–water partition coefficient (Wildman–Crippen LogP) is 4.31. The van der Waals surface area contributed by atoms with Crippen LogP contribution in [0, 0.1) is 0 Å². The standard InChI is InChI=1S/C21H33NO2/c1-2-3-4-5-6-19-9-7-17-13-16(8-10-20(17)24-19)18-11-12-21(22,14-18)15-23/h8,10,13,18-19,23H,2-7,9,11-12,14-15,22H2,1H3. The second-order valence-corrected chi connectivity index (χ2v) is 7.96. The zero-order valence-electron chi connectivity index (χ0n) is 15.1. The van der Waals surface area contributed by atoms with E-state index in [0.717, 1.165) is 37.9 Å². The first-order valence-corrected chi connectivity index (χ1v) is 9.83. The van der Waals surface area contributed by atoms with Gasteiger partial charge in [-0.25, -0.2) is 0 Å². The fourth-order valence-electron chi connectivity index (χ4n) is 4.31. The van der Waals surface area contributed by atoms with Crippen molar-refractivity contribution in [1.82, 2.24) is 0 Å². The molecule has 2 aliphatic rings. The third kappa shape index (κ3) is 4.12. The average molecular weight is 332 g/mol. The maximum atomic E-state index is 9.47. The van der Waals surface area contributed by atoms with Gasteiger partial charge in [-0.3, -0.25) is 0 Å². The van der Waals surface area contributed by atoms with E-state index in [-0.39, 0.29) is 12.1 Å². The van der Waals surface area contributed by atoms with E-state index in [1.807, 2.05) is 0 Å². The van der Waals surface area contributed by atoms with Crippen molar-refractivity contribution < 1.29 is 9.84 Å². The van der Waals surface area contributed by atoms with Gasteiger partial charge in [0.15, 0.2) is 0 Å². The number of rotatable bonds is 7. The SMILES string of the molecule is CCCCCCC1CCc2cc(C3CCC(N)(CO)C3)ccc2O1. The number of hydrogen-bond donors (Lipinski definition) is 2. The summed E-state index contributed by atoms with van der Waals surface area (Å²) in [5, 5.41) is 9.47. The third-order valence-corrected chi connectivity index (χ3v) is 5.92. The Kier molecular flexibility index (Phi) is 5.83. The fourth-order valence-corrected chi connectivity index (χ4v) is 4.31. The molecule has 3 atom stereocenters. The van der Waals surface area contributed by atoms with Gasteiger partial charge in [0.1, 0.15) is 5.75 Å². The van der Waals surface area contributed by atoms with Gasteiger partial charge in [-0.1, -0.05) is 38.3 Å². The summed E-state index contributed by atoms with van der Waals surface area (Å²) in [6, 6.07) is 6.71. The van der Waals surface area contributed by atoms with Crippen LogP contribution in [-0.4, -0.2) is 23.4 Å². The van der Waals surface area contributed by atoms with Crippen molar-refractivity contribution in [1.29, 1.82) is 0 Å². The van der Waals surface area contributed by atoms with Gasteiger partial charge < -0.3 is 15.6 Å². The highest BCUT2D eigenvalue weighted by Gasteiger charge is 2.36. The molecular weight excluding hydrogens is 298 g/mol. The van der Waals surface area contributed by atoms with Gasteiger partial charge in [0.05, 0.1) is 12.7 Å². The second-order valence-electron chi connectivity index (χ2n) is 7.96. The van der Waals surface area contributed by atoms with E-state index < -0.39 is 0 Å². The molecule has 3 heteroatoms. The van der Waals surface area contributed by atoms with E-state index in [1.54, 1.807) is 0 Å². The van der Waals surface area contributed by atoms with Crippen molar-refractivity contribution in [2.75, 3.05) is 6.61 Å². The maximum absolute atomic E-state index is 9.47. The van der Waals surface area contributed by atoms with Crippen molar-refractivity contribution in [3.05, 3.63) is 29.3 Å². The van der Waals surface area contributed by atoms with Crippen LogP contribution in [0.3, 0.4) is 0 Å². The molecule has 0 aromatic heterocycles. The van der Waals surface area contributed by atoms with Crippen molar-refractivity contribution in [2.24, 2.45) is 5.73 Å². The fraction of sp³-hybridized carbons (Fsp3) is 0.714. The number of fused-ring (bicyclic) bond motifs is 1. The molecule has 3 unspecified atom stereocenters. The molecule has 3 rings (SSSR count). The number of hydrogen-bond acceptors (Lipinski definition) is 3. The van der Waals surface area contributed by atoms with Gasteiger partial charge in [-0.15, -0.1) is 0 Å². The van der Waals surface area contributed by atoms with Crippen molar-refractivity contribution >= 4 is 0 Å². The Morgan fingerprint density at radius 2 is 2.12 bits per heavy atom. The molecule has 3 nitrogen and oxygen atoms in total. The van der Waals surface area contributed by atoms with E-state index in [9.17, 15) is 5.11 Å². The Morgan fingerprint density at radius 1 is 1.25 bits per heavy atom. The van der Waals surface area contributed by atoms with E-state index in [1.165, 1.54) is 43.2 Å². The molecule has 1 heterocycles. The van der Waals surface area contributed by atoms with E-state index >= 15 is 0 Å². The minimum absolute atomic E-state index is 0.0945. The first kappa shape index (κ1) is 17.8. The lowest BCUT2D eigenvalue weighted by molar-refractivity contribution is 0.160. The minimum atomic E-state index is -0.374. The summed E-state index contributed by atoms with van der Waals surface area (Å²) in [6.07, 6.45) is 12.0. The van der Waals surface area contributed by atoms with Gasteiger partial charge in [0.25, 0.3) is 0 Å². The molecule has 1 saturated carbocycles. The van der Waals surface area contributed by atoms with Crippen LogP contribution in [-0.2, 0) is 6.42 Å². The number of ether oxygens (including phenoxy) is 1. The number of unbranched alkanes of at least 4 members (excludes halogenated alkanes) is 3. The lowest BCUT2D eigenvalue weighted by Gasteiger charge is -2.27. The van der Waals surface area contributed by atoms with Crippen LogP contribution >= 0.6 is 0 Å². The molecule has 1 fully saturated rings. The van der Waals surface area contributed by atoms with Crippen molar-refractivity contribution in [2.45, 2.75) is 88.7 Å².